The summed E-state index contributed by atoms with van der Waals surface area (Å²) in [7, 11) is 0. The second kappa shape index (κ2) is 10.6. The number of hydrogen-bond donors (Lipinski definition) is 2. The third-order valence-corrected chi connectivity index (χ3v) is 5.55. The SMILES string of the molecule is CCOc1cc(-c2cc(NCCc3ccc(C(F)(F)F)cc3OC(F)F)ncn2)sc1C(=O)O. The molecule has 0 amide bonds. The van der Waals surface area contributed by atoms with Gasteiger partial charge in [0.05, 0.1) is 22.7 Å². The average Bonchev–Trinajstić information content (AvgIpc) is 3.18. The van der Waals surface area contributed by atoms with Crippen molar-refractivity contribution in [1.82, 2.24) is 9.97 Å². The Morgan fingerprint density at radius 3 is 2.59 bits per heavy atom. The van der Waals surface area contributed by atoms with E-state index in [1.165, 1.54) is 6.33 Å². The summed E-state index contributed by atoms with van der Waals surface area (Å²) in [6.07, 6.45) is -3.38. The monoisotopic (exact) mass is 503 g/mol. The van der Waals surface area contributed by atoms with Gasteiger partial charge in [-0.25, -0.2) is 14.8 Å². The first-order valence-corrected chi connectivity index (χ1v) is 10.6. The molecule has 0 saturated heterocycles. The lowest BCUT2D eigenvalue weighted by Crippen LogP contribution is -2.12. The topological polar surface area (TPSA) is 93.6 Å². The molecule has 7 nitrogen and oxygen atoms in total. The number of thiophene rings is 1. The Morgan fingerprint density at radius 2 is 1.94 bits per heavy atom. The molecule has 182 valence electrons. The molecule has 0 saturated carbocycles. The largest absolute Gasteiger partial charge is 0.492 e. The van der Waals surface area contributed by atoms with Crippen LogP contribution < -0.4 is 14.8 Å². The highest BCUT2D eigenvalue weighted by Gasteiger charge is 2.31. The van der Waals surface area contributed by atoms with Gasteiger partial charge in [-0.1, -0.05) is 6.07 Å². The van der Waals surface area contributed by atoms with Gasteiger partial charge in [0.15, 0.2) is 4.88 Å². The van der Waals surface area contributed by atoms with E-state index >= 15 is 0 Å². The Hall–Kier alpha value is -3.48. The van der Waals surface area contributed by atoms with Crippen molar-refractivity contribution in [3.8, 4) is 22.1 Å². The Kier molecular flexibility index (Phi) is 7.87. The lowest BCUT2D eigenvalue weighted by Gasteiger charge is -2.14. The van der Waals surface area contributed by atoms with Crippen molar-refractivity contribution in [2.24, 2.45) is 0 Å². The first kappa shape index (κ1) is 25.1. The van der Waals surface area contributed by atoms with Gasteiger partial charge in [-0.2, -0.15) is 22.0 Å². The number of carboxylic acid groups (broad SMARTS) is 1. The van der Waals surface area contributed by atoms with Crippen LogP contribution in [-0.4, -0.2) is 40.8 Å². The van der Waals surface area contributed by atoms with Crippen LogP contribution in [0, 0.1) is 0 Å². The van der Waals surface area contributed by atoms with Crippen LogP contribution in [0.1, 0.15) is 27.7 Å². The van der Waals surface area contributed by atoms with Crippen molar-refractivity contribution in [1.29, 1.82) is 0 Å². The molecule has 34 heavy (non-hydrogen) atoms. The molecule has 0 radical (unpaired) electrons. The van der Waals surface area contributed by atoms with Gasteiger partial charge in [-0.3, -0.25) is 0 Å². The summed E-state index contributed by atoms with van der Waals surface area (Å²) in [6.45, 7) is -1.13. The highest BCUT2D eigenvalue weighted by Crippen LogP contribution is 2.36. The number of anilines is 1. The number of carbonyl (C=O) groups is 1. The smallest absolute Gasteiger partial charge is 0.416 e. The fraction of sp³-hybridized carbons (Fsp3) is 0.286. The van der Waals surface area contributed by atoms with Gasteiger partial charge in [-0.15, -0.1) is 11.3 Å². The van der Waals surface area contributed by atoms with Gasteiger partial charge >= 0.3 is 18.8 Å². The van der Waals surface area contributed by atoms with Crippen molar-refractivity contribution in [2.75, 3.05) is 18.5 Å². The lowest BCUT2D eigenvalue weighted by atomic mass is 10.1. The molecule has 2 heterocycles. The zero-order chi connectivity index (χ0) is 24.9. The number of aromatic carboxylic acids is 1. The van der Waals surface area contributed by atoms with Crippen molar-refractivity contribution in [3.63, 3.8) is 0 Å². The van der Waals surface area contributed by atoms with Crippen molar-refractivity contribution in [2.45, 2.75) is 26.1 Å². The number of aromatic nitrogens is 2. The first-order valence-electron chi connectivity index (χ1n) is 9.79. The summed E-state index contributed by atoms with van der Waals surface area (Å²) in [6, 6.07) is 5.53. The third kappa shape index (κ3) is 6.31. The summed E-state index contributed by atoms with van der Waals surface area (Å²) in [4.78, 5) is 20.2. The molecule has 0 unspecified atom stereocenters. The van der Waals surface area contributed by atoms with E-state index in [1.807, 2.05) is 0 Å². The number of carboxylic acids is 1. The number of ether oxygens (including phenoxy) is 2. The minimum Gasteiger partial charge on any atom is -0.492 e. The highest BCUT2D eigenvalue weighted by atomic mass is 32.1. The van der Waals surface area contributed by atoms with E-state index in [0.717, 1.165) is 23.5 Å². The fourth-order valence-corrected chi connectivity index (χ4v) is 3.88. The predicted molar refractivity (Wildman–Crippen MR) is 114 cm³/mol. The zero-order valence-electron chi connectivity index (χ0n) is 17.5. The van der Waals surface area contributed by atoms with E-state index in [4.69, 9.17) is 4.74 Å². The third-order valence-electron chi connectivity index (χ3n) is 4.42. The molecule has 0 fully saturated rings. The summed E-state index contributed by atoms with van der Waals surface area (Å²) in [5.74, 6) is -1.13. The van der Waals surface area contributed by atoms with Gasteiger partial charge in [0.1, 0.15) is 23.6 Å². The minimum atomic E-state index is -4.70. The number of nitrogens with zero attached hydrogens (tertiary/aromatic N) is 2. The molecule has 0 atom stereocenters. The van der Waals surface area contributed by atoms with Crippen LogP contribution in [0.3, 0.4) is 0 Å². The Balaban J connectivity index is 1.74. The molecule has 0 aliphatic carbocycles. The number of benzene rings is 1. The Labute approximate surface area is 194 Å². The number of halogens is 5. The first-order chi connectivity index (χ1) is 16.1. The van der Waals surface area contributed by atoms with E-state index in [1.54, 1.807) is 19.1 Å². The van der Waals surface area contributed by atoms with Gasteiger partial charge in [0.2, 0.25) is 0 Å². The van der Waals surface area contributed by atoms with Crippen LogP contribution in [0.5, 0.6) is 11.5 Å². The van der Waals surface area contributed by atoms with Crippen LogP contribution in [0.4, 0.5) is 27.8 Å². The van der Waals surface area contributed by atoms with Gasteiger partial charge in [0.25, 0.3) is 0 Å². The number of hydrogen-bond acceptors (Lipinski definition) is 7. The van der Waals surface area contributed by atoms with Crippen molar-refractivity contribution in [3.05, 3.63) is 52.7 Å². The molecular formula is C21H18F5N3O4S. The molecule has 2 aromatic heterocycles. The second-order valence-electron chi connectivity index (χ2n) is 6.71. The molecule has 1 aromatic carbocycles. The number of nitrogens with one attached hydrogen (secondary N) is 1. The van der Waals surface area contributed by atoms with E-state index in [-0.39, 0.29) is 35.8 Å². The van der Waals surface area contributed by atoms with Crippen LogP contribution in [0.2, 0.25) is 0 Å². The van der Waals surface area contributed by atoms with Gasteiger partial charge in [-0.05, 0) is 31.0 Å². The van der Waals surface area contributed by atoms with E-state index in [9.17, 15) is 31.9 Å². The molecule has 3 aromatic rings. The van der Waals surface area contributed by atoms with Crippen molar-refractivity contribution >= 4 is 23.1 Å². The molecular weight excluding hydrogens is 485 g/mol. The summed E-state index contributed by atoms with van der Waals surface area (Å²) in [5.41, 5.74) is -0.517. The standard InChI is InChI=1S/C21H18F5N3O4S/c1-2-32-15-9-16(34-18(15)19(30)31)13-8-17(29-10-28-13)27-6-5-11-3-4-12(21(24,25)26)7-14(11)33-20(22)23/h3-4,7-10,20H,2,5-6H2,1H3,(H,30,31)(H,27,28,29). The quantitative estimate of drug-likeness (QED) is 0.349. The molecule has 3 rings (SSSR count). The number of rotatable bonds is 10. The molecule has 0 aliphatic rings. The fourth-order valence-electron chi connectivity index (χ4n) is 2.97. The minimum absolute atomic E-state index is 0.0267. The predicted octanol–water partition coefficient (Wildman–Crippen LogP) is 5.58. The second-order valence-corrected chi connectivity index (χ2v) is 7.76. The van der Waals surface area contributed by atoms with Gasteiger partial charge < -0.3 is 19.9 Å². The van der Waals surface area contributed by atoms with Gasteiger partial charge in [0, 0.05) is 18.7 Å². The maximum absolute atomic E-state index is 12.9. The maximum atomic E-state index is 12.9. The summed E-state index contributed by atoms with van der Waals surface area (Å²) in [5, 5.41) is 12.3. The van der Waals surface area contributed by atoms with E-state index in [0.29, 0.717) is 22.5 Å². The highest BCUT2D eigenvalue weighted by molar-refractivity contribution is 7.17. The van der Waals surface area contributed by atoms with Crippen LogP contribution >= 0.6 is 11.3 Å². The van der Waals surface area contributed by atoms with E-state index in [2.05, 4.69) is 20.0 Å². The van der Waals surface area contributed by atoms with Crippen molar-refractivity contribution < 1.29 is 41.3 Å². The zero-order valence-corrected chi connectivity index (χ0v) is 18.3. The summed E-state index contributed by atoms with van der Waals surface area (Å²) >= 11 is 0.979. The normalized spacial score (nSPS) is 11.5. The van der Waals surface area contributed by atoms with Crippen LogP contribution in [0.15, 0.2) is 36.7 Å². The summed E-state index contributed by atoms with van der Waals surface area (Å²) < 4.78 is 73.6. The average molecular weight is 503 g/mol. The van der Waals surface area contributed by atoms with E-state index < -0.39 is 30.1 Å². The molecule has 13 heteroatoms. The molecule has 2 N–H and O–H groups in total. The Morgan fingerprint density at radius 1 is 1.18 bits per heavy atom. The number of alkyl halides is 5. The van der Waals surface area contributed by atoms with Crippen LogP contribution in [0.25, 0.3) is 10.6 Å². The molecule has 0 spiro atoms. The lowest BCUT2D eigenvalue weighted by molar-refractivity contribution is -0.138. The molecule has 0 bridgehead atoms. The molecule has 0 aliphatic heterocycles. The van der Waals surface area contributed by atoms with Crippen LogP contribution in [-0.2, 0) is 12.6 Å². The Bertz CT molecular complexity index is 1150. The maximum Gasteiger partial charge on any atom is 0.416 e.